The third-order valence-electron chi connectivity index (χ3n) is 2.73. The van der Waals surface area contributed by atoms with Crippen LogP contribution < -0.4 is 11.1 Å². The van der Waals surface area contributed by atoms with Gasteiger partial charge in [0.2, 0.25) is 5.91 Å². The number of hydrogen-bond acceptors (Lipinski definition) is 4. The van der Waals surface area contributed by atoms with Crippen LogP contribution in [-0.4, -0.2) is 55.0 Å². The molecule has 0 saturated carbocycles. The molecule has 15 heavy (non-hydrogen) atoms. The quantitative estimate of drug-likeness (QED) is 0.626. The second-order valence-corrected chi connectivity index (χ2v) is 4.84. The Morgan fingerprint density at radius 1 is 1.60 bits per heavy atom. The highest BCUT2D eigenvalue weighted by atomic mass is 32.2. The normalized spacial score (nSPS) is 22.9. The van der Waals surface area contributed by atoms with Gasteiger partial charge in [0.15, 0.2) is 0 Å². The first-order valence-corrected chi connectivity index (χ1v) is 6.88. The largest absolute Gasteiger partial charge is 0.368 e. The highest BCUT2D eigenvalue weighted by molar-refractivity contribution is 7.98. The van der Waals surface area contributed by atoms with Crippen molar-refractivity contribution in [3.63, 3.8) is 0 Å². The van der Waals surface area contributed by atoms with Crippen molar-refractivity contribution in [2.45, 2.75) is 18.9 Å². The van der Waals surface area contributed by atoms with E-state index in [1.807, 2.05) is 11.8 Å². The van der Waals surface area contributed by atoms with E-state index in [0.717, 1.165) is 26.1 Å². The smallest absolute Gasteiger partial charge is 0.236 e. The summed E-state index contributed by atoms with van der Waals surface area (Å²) in [7, 11) is 0. The van der Waals surface area contributed by atoms with Gasteiger partial charge in [0.05, 0.1) is 0 Å². The van der Waals surface area contributed by atoms with Gasteiger partial charge in [0.1, 0.15) is 6.04 Å². The molecule has 1 aliphatic heterocycles. The second kappa shape index (κ2) is 7.09. The van der Waals surface area contributed by atoms with Crippen LogP contribution in [0.5, 0.6) is 0 Å². The van der Waals surface area contributed by atoms with Gasteiger partial charge in [0.25, 0.3) is 0 Å². The first-order chi connectivity index (χ1) is 7.25. The molecule has 1 aliphatic rings. The minimum atomic E-state index is -0.202. The van der Waals surface area contributed by atoms with Crippen LogP contribution >= 0.6 is 11.8 Å². The number of nitrogens with two attached hydrogens (primary N) is 1. The van der Waals surface area contributed by atoms with E-state index in [9.17, 15) is 4.79 Å². The number of nitrogens with zero attached hydrogens (tertiary/aromatic N) is 1. The Morgan fingerprint density at radius 3 is 3.07 bits per heavy atom. The summed E-state index contributed by atoms with van der Waals surface area (Å²) >= 11 is 1.87. The van der Waals surface area contributed by atoms with Crippen molar-refractivity contribution in [3.05, 3.63) is 0 Å². The van der Waals surface area contributed by atoms with Gasteiger partial charge in [-0.2, -0.15) is 11.8 Å². The van der Waals surface area contributed by atoms with Crippen LogP contribution in [0.2, 0.25) is 0 Å². The topological polar surface area (TPSA) is 58.4 Å². The summed E-state index contributed by atoms with van der Waals surface area (Å²) < 4.78 is 0. The summed E-state index contributed by atoms with van der Waals surface area (Å²) in [6.45, 7) is 3.60. The number of carbonyl (C=O) groups is 1. The van der Waals surface area contributed by atoms with Crippen molar-refractivity contribution in [2.75, 3.05) is 38.2 Å². The average Bonchev–Trinajstić information content (AvgIpc) is 2.25. The SMILES string of the molecule is CSCCCCN1CCNCC1C(N)=O. The minimum Gasteiger partial charge on any atom is -0.368 e. The maximum atomic E-state index is 11.2. The molecular weight excluding hydrogens is 210 g/mol. The third kappa shape index (κ3) is 4.40. The Bertz CT molecular complexity index is 201. The molecule has 1 amide bonds. The molecular formula is C10H21N3OS. The van der Waals surface area contributed by atoms with Crippen LogP contribution in [0.15, 0.2) is 0 Å². The molecule has 1 unspecified atom stereocenters. The van der Waals surface area contributed by atoms with E-state index in [0.29, 0.717) is 6.54 Å². The van der Waals surface area contributed by atoms with Crippen LogP contribution in [0.4, 0.5) is 0 Å². The van der Waals surface area contributed by atoms with Crippen LogP contribution in [0.25, 0.3) is 0 Å². The van der Waals surface area contributed by atoms with Crippen LogP contribution in [0.3, 0.4) is 0 Å². The van der Waals surface area contributed by atoms with Crippen LogP contribution in [0.1, 0.15) is 12.8 Å². The molecule has 0 aliphatic carbocycles. The lowest BCUT2D eigenvalue weighted by Crippen LogP contribution is -2.56. The van der Waals surface area contributed by atoms with E-state index >= 15 is 0 Å². The number of carbonyl (C=O) groups excluding carboxylic acids is 1. The highest BCUT2D eigenvalue weighted by Crippen LogP contribution is 2.06. The summed E-state index contributed by atoms with van der Waals surface area (Å²) in [5.74, 6) is 1.000. The van der Waals surface area contributed by atoms with Gasteiger partial charge in [-0.1, -0.05) is 0 Å². The number of nitrogens with one attached hydrogen (secondary N) is 1. The van der Waals surface area contributed by atoms with Gasteiger partial charge >= 0.3 is 0 Å². The Kier molecular flexibility index (Phi) is 6.05. The molecule has 88 valence electrons. The van der Waals surface area contributed by atoms with Crippen LogP contribution in [-0.2, 0) is 4.79 Å². The van der Waals surface area contributed by atoms with Crippen molar-refractivity contribution < 1.29 is 4.79 Å². The Balaban J connectivity index is 2.26. The van der Waals surface area contributed by atoms with E-state index in [1.165, 1.54) is 12.2 Å². The van der Waals surface area contributed by atoms with Gasteiger partial charge in [-0.05, 0) is 31.4 Å². The molecule has 1 saturated heterocycles. The maximum absolute atomic E-state index is 11.2. The fourth-order valence-corrected chi connectivity index (χ4v) is 2.35. The number of amides is 1. The molecule has 0 aromatic heterocycles. The highest BCUT2D eigenvalue weighted by Gasteiger charge is 2.25. The van der Waals surface area contributed by atoms with E-state index in [1.54, 1.807) is 0 Å². The molecule has 3 N–H and O–H groups in total. The van der Waals surface area contributed by atoms with Crippen molar-refractivity contribution in [1.82, 2.24) is 10.2 Å². The summed E-state index contributed by atoms with van der Waals surface area (Å²) in [5.41, 5.74) is 5.36. The Hall–Kier alpha value is -0.260. The van der Waals surface area contributed by atoms with Gasteiger partial charge in [-0.3, -0.25) is 9.69 Å². The van der Waals surface area contributed by atoms with E-state index < -0.39 is 0 Å². The van der Waals surface area contributed by atoms with Gasteiger partial charge in [-0.15, -0.1) is 0 Å². The van der Waals surface area contributed by atoms with Gasteiger partial charge in [-0.25, -0.2) is 0 Å². The summed E-state index contributed by atoms with van der Waals surface area (Å²) in [6.07, 6.45) is 4.50. The van der Waals surface area contributed by atoms with E-state index in [2.05, 4.69) is 16.5 Å². The van der Waals surface area contributed by atoms with Crippen molar-refractivity contribution in [3.8, 4) is 0 Å². The molecule has 4 nitrogen and oxygen atoms in total. The molecule has 0 aromatic carbocycles. The lowest BCUT2D eigenvalue weighted by molar-refractivity contribution is -0.123. The zero-order chi connectivity index (χ0) is 11.1. The standard InChI is InChI=1S/C10H21N3OS/c1-15-7-3-2-5-13-6-4-12-8-9(13)10(11)14/h9,12H,2-8H2,1H3,(H2,11,14). The minimum absolute atomic E-state index is 0.104. The van der Waals surface area contributed by atoms with Crippen LogP contribution in [0, 0.1) is 0 Å². The Labute approximate surface area is 96.0 Å². The van der Waals surface area contributed by atoms with Gasteiger partial charge < -0.3 is 11.1 Å². The van der Waals surface area contributed by atoms with Crippen molar-refractivity contribution in [1.29, 1.82) is 0 Å². The molecule has 0 aromatic rings. The lowest BCUT2D eigenvalue weighted by Gasteiger charge is -2.34. The molecule has 5 heteroatoms. The number of primary amides is 1. The molecule has 0 radical (unpaired) electrons. The molecule has 0 bridgehead atoms. The second-order valence-electron chi connectivity index (χ2n) is 3.86. The number of unbranched alkanes of at least 4 members (excludes halogenated alkanes) is 1. The number of rotatable bonds is 6. The Morgan fingerprint density at radius 2 is 2.40 bits per heavy atom. The summed E-state index contributed by atoms with van der Waals surface area (Å²) in [5, 5.41) is 3.20. The lowest BCUT2D eigenvalue weighted by atomic mass is 10.1. The number of hydrogen-bond donors (Lipinski definition) is 2. The zero-order valence-corrected chi connectivity index (χ0v) is 10.2. The third-order valence-corrected chi connectivity index (χ3v) is 3.42. The molecule has 1 atom stereocenters. The van der Waals surface area contributed by atoms with Gasteiger partial charge in [0, 0.05) is 19.6 Å². The first kappa shape index (κ1) is 12.8. The summed E-state index contributed by atoms with van der Waals surface area (Å²) in [4.78, 5) is 13.4. The fourth-order valence-electron chi connectivity index (χ4n) is 1.86. The first-order valence-electron chi connectivity index (χ1n) is 5.48. The van der Waals surface area contributed by atoms with Crippen molar-refractivity contribution >= 4 is 17.7 Å². The molecule has 1 rings (SSSR count). The monoisotopic (exact) mass is 231 g/mol. The number of thioether (sulfide) groups is 1. The average molecular weight is 231 g/mol. The van der Waals surface area contributed by atoms with Crippen molar-refractivity contribution in [2.24, 2.45) is 5.73 Å². The predicted molar refractivity (Wildman–Crippen MR) is 65.0 cm³/mol. The fraction of sp³-hybridized carbons (Fsp3) is 0.900. The molecule has 1 fully saturated rings. The maximum Gasteiger partial charge on any atom is 0.236 e. The molecule has 0 spiro atoms. The predicted octanol–water partition coefficient (Wildman–Crippen LogP) is -0.111. The molecule has 1 heterocycles. The number of piperazine rings is 1. The van der Waals surface area contributed by atoms with E-state index in [4.69, 9.17) is 5.73 Å². The van der Waals surface area contributed by atoms with E-state index in [-0.39, 0.29) is 11.9 Å². The summed E-state index contributed by atoms with van der Waals surface area (Å²) in [6, 6.07) is -0.104. The zero-order valence-electron chi connectivity index (χ0n) is 9.37.